The zero-order valence-corrected chi connectivity index (χ0v) is 13.2. The number of amides is 1. The van der Waals surface area contributed by atoms with Crippen LogP contribution in [-0.2, 0) is 11.2 Å². The first-order valence-corrected chi connectivity index (χ1v) is 7.86. The monoisotopic (exact) mass is 290 g/mol. The maximum absolute atomic E-state index is 12.1. The standard InChI is InChI=1S/C17H26N2O2/c1-4-19(5-2)16(21)10-12(3)18-17-14-9-7-6-8-13(14)11-15(17)20/h6-9,12,15,17-18,20H,4-5,10-11H2,1-3H3. The Kier molecular flexibility index (Phi) is 5.37. The van der Waals surface area contributed by atoms with Crippen molar-refractivity contribution in [2.45, 2.75) is 51.8 Å². The van der Waals surface area contributed by atoms with Crippen molar-refractivity contribution >= 4 is 5.91 Å². The number of carbonyl (C=O) groups excluding carboxylic acids is 1. The molecule has 4 heteroatoms. The number of aliphatic hydroxyl groups is 1. The van der Waals surface area contributed by atoms with Crippen LogP contribution in [0, 0.1) is 0 Å². The van der Waals surface area contributed by atoms with Gasteiger partial charge in [-0.2, -0.15) is 0 Å². The third-order valence-electron chi connectivity index (χ3n) is 4.27. The van der Waals surface area contributed by atoms with Gasteiger partial charge in [0.1, 0.15) is 0 Å². The van der Waals surface area contributed by atoms with Crippen LogP contribution in [0.25, 0.3) is 0 Å². The summed E-state index contributed by atoms with van der Waals surface area (Å²) in [6, 6.07) is 8.09. The van der Waals surface area contributed by atoms with E-state index in [4.69, 9.17) is 0 Å². The van der Waals surface area contributed by atoms with Crippen molar-refractivity contribution in [3.05, 3.63) is 35.4 Å². The van der Waals surface area contributed by atoms with E-state index in [1.807, 2.05) is 37.8 Å². The molecule has 0 spiro atoms. The topological polar surface area (TPSA) is 52.6 Å². The first-order valence-electron chi connectivity index (χ1n) is 7.86. The molecule has 4 nitrogen and oxygen atoms in total. The molecule has 0 fully saturated rings. The number of rotatable bonds is 6. The highest BCUT2D eigenvalue weighted by Gasteiger charge is 2.31. The third kappa shape index (κ3) is 3.63. The van der Waals surface area contributed by atoms with E-state index in [-0.39, 0.29) is 18.0 Å². The molecule has 2 N–H and O–H groups in total. The van der Waals surface area contributed by atoms with Gasteiger partial charge in [-0.25, -0.2) is 0 Å². The Bertz CT molecular complexity index is 485. The van der Waals surface area contributed by atoms with Gasteiger partial charge in [-0.3, -0.25) is 4.79 Å². The number of hydrogen-bond donors (Lipinski definition) is 2. The molecule has 1 aromatic carbocycles. The lowest BCUT2D eigenvalue weighted by molar-refractivity contribution is -0.131. The third-order valence-corrected chi connectivity index (χ3v) is 4.27. The molecule has 0 bridgehead atoms. The summed E-state index contributed by atoms with van der Waals surface area (Å²) in [5, 5.41) is 13.7. The number of nitrogens with one attached hydrogen (secondary N) is 1. The normalized spacial score (nSPS) is 21.9. The fraction of sp³-hybridized carbons (Fsp3) is 0.588. The average molecular weight is 290 g/mol. The van der Waals surface area contributed by atoms with Crippen LogP contribution >= 0.6 is 0 Å². The summed E-state index contributed by atoms with van der Waals surface area (Å²) in [7, 11) is 0. The van der Waals surface area contributed by atoms with Crippen LogP contribution in [0.15, 0.2) is 24.3 Å². The van der Waals surface area contributed by atoms with E-state index in [9.17, 15) is 9.90 Å². The second kappa shape index (κ2) is 7.05. The van der Waals surface area contributed by atoms with Crippen molar-refractivity contribution in [2.75, 3.05) is 13.1 Å². The molecule has 1 aliphatic rings. The molecule has 1 aliphatic carbocycles. The van der Waals surface area contributed by atoms with E-state index in [1.54, 1.807) is 0 Å². The van der Waals surface area contributed by atoms with E-state index in [2.05, 4.69) is 17.4 Å². The molecule has 0 aliphatic heterocycles. The Morgan fingerprint density at radius 3 is 2.71 bits per heavy atom. The van der Waals surface area contributed by atoms with Crippen molar-refractivity contribution in [2.24, 2.45) is 0 Å². The largest absolute Gasteiger partial charge is 0.391 e. The lowest BCUT2D eigenvalue weighted by Gasteiger charge is -2.25. The van der Waals surface area contributed by atoms with Gasteiger partial charge >= 0.3 is 0 Å². The lowest BCUT2D eigenvalue weighted by atomic mass is 10.1. The molecule has 21 heavy (non-hydrogen) atoms. The molecular formula is C17H26N2O2. The van der Waals surface area contributed by atoms with Gasteiger partial charge < -0.3 is 15.3 Å². The molecule has 1 amide bonds. The molecule has 2 rings (SSSR count). The molecule has 0 aromatic heterocycles. The second-order valence-electron chi connectivity index (χ2n) is 5.79. The number of aliphatic hydroxyl groups excluding tert-OH is 1. The molecule has 3 atom stereocenters. The second-order valence-corrected chi connectivity index (χ2v) is 5.79. The number of hydrogen-bond acceptors (Lipinski definition) is 3. The van der Waals surface area contributed by atoms with Crippen LogP contribution in [0.4, 0.5) is 0 Å². The van der Waals surface area contributed by atoms with Gasteiger partial charge in [0, 0.05) is 32.0 Å². The van der Waals surface area contributed by atoms with E-state index in [0.29, 0.717) is 12.8 Å². The van der Waals surface area contributed by atoms with Gasteiger partial charge in [-0.15, -0.1) is 0 Å². The Balaban J connectivity index is 1.97. The van der Waals surface area contributed by atoms with Crippen LogP contribution in [0.1, 0.15) is 44.4 Å². The number of carbonyl (C=O) groups is 1. The van der Waals surface area contributed by atoms with Crippen molar-refractivity contribution in [1.82, 2.24) is 10.2 Å². The minimum atomic E-state index is -0.409. The summed E-state index contributed by atoms with van der Waals surface area (Å²) in [5.41, 5.74) is 2.36. The van der Waals surface area contributed by atoms with Gasteiger partial charge in [0.2, 0.25) is 5.91 Å². The van der Waals surface area contributed by atoms with E-state index < -0.39 is 6.10 Å². The van der Waals surface area contributed by atoms with Crippen molar-refractivity contribution in [3.63, 3.8) is 0 Å². The molecular weight excluding hydrogens is 264 g/mol. The highest BCUT2D eigenvalue weighted by molar-refractivity contribution is 5.76. The maximum atomic E-state index is 12.1. The van der Waals surface area contributed by atoms with Crippen LogP contribution < -0.4 is 5.32 Å². The summed E-state index contributed by atoms with van der Waals surface area (Å²) in [6.45, 7) is 7.50. The van der Waals surface area contributed by atoms with Crippen molar-refractivity contribution in [3.8, 4) is 0 Å². The number of fused-ring (bicyclic) bond motifs is 1. The van der Waals surface area contributed by atoms with Crippen molar-refractivity contribution in [1.29, 1.82) is 0 Å². The molecule has 0 saturated carbocycles. The summed E-state index contributed by atoms with van der Waals surface area (Å²) in [4.78, 5) is 14.0. The van der Waals surface area contributed by atoms with E-state index >= 15 is 0 Å². The van der Waals surface area contributed by atoms with Crippen molar-refractivity contribution < 1.29 is 9.90 Å². The smallest absolute Gasteiger partial charge is 0.224 e. The summed E-state index contributed by atoms with van der Waals surface area (Å²) < 4.78 is 0. The zero-order valence-electron chi connectivity index (χ0n) is 13.2. The Morgan fingerprint density at radius 1 is 1.38 bits per heavy atom. The predicted octanol–water partition coefficient (Wildman–Crippen LogP) is 1.88. The molecule has 0 saturated heterocycles. The minimum Gasteiger partial charge on any atom is -0.391 e. The molecule has 0 radical (unpaired) electrons. The average Bonchev–Trinajstić information content (AvgIpc) is 2.76. The minimum absolute atomic E-state index is 0.0453. The quantitative estimate of drug-likeness (QED) is 0.841. The first-order chi connectivity index (χ1) is 10.1. The molecule has 1 aromatic rings. The van der Waals surface area contributed by atoms with Crippen LogP contribution in [-0.4, -0.2) is 41.1 Å². The highest BCUT2D eigenvalue weighted by Crippen LogP contribution is 2.31. The molecule has 0 heterocycles. The van der Waals surface area contributed by atoms with Crippen LogP contribution in [0.3, 0.4) is 0 Å². The number of nitrogens with zero attached hydrogens (tertiary/aromatic N) is 1. The highest BCUT2D eigenvalue weighted by atomic mass is 16.3. The van der Waals surface area contributed by atoms with Crippen LogP contribution in [0.2, 0.25) is 0 Å². The van der Waals surface area contributed by atoms with Gasteiger partial charge in [0.15, 0.2) is 0 Å². The maximum Gasteiger partial charge on any atom is 0.224 e. The first kappa shape index (κ1) is 16.0. The SMILES string of the molecule is CCN(CC)C(=O)CC(C)NC1c2ccccc2CC1O. The Morgan fingerprint density at radius 2 is 2.05 bits per heavy atom. The summed E-state index contributed by atoms with van der Waals surface area (Å²) >= 11 is 0. The fourth-order valence-corrected chi connectivity index (χ4v) is 3.11. The van der Waals surface area contributed by atoms with Gasteiger partial charge in [0.05, 0.1) is 12.1 Å². The fourth-order valence-electron chi connectivity index (χ4n) is 3.11. The Hall–Kier alpha value is -1.39. The number of benzene rings is 1. The van der Waals surface area contributed by atoms with E-state index in [0.717, 1.165) is 18.7 Å². The lowest BCUT2D eigenvalue weighted by Crippen LogP contribution is -2.40. The van der Waals surface area contributed by atoms with Gasteiger partial charge in [0.25, 0.3) is 0 Å². The molecule has 3 unspecified atom stereocenters. The van der Waals surface area contributed by atoms with Gasteiger partial charge in [-0.1, -0.05) is 24.3 Å². The van der Waals surface area contributed by atoms with E-state index in [1.165, 1.54) is 5.56 Å². The zero-order chi connectivity index (χ0) is 15.4. The predicted molar refractivity (Wildman–Crippen MR) is 84.0 cm³/mol. The van der Waals surface area contributed by atoms with Gasteiger partial charge in [-0.05, 0) is 31.9 Å². The molecule has 116 valence electrons. The summed E-state index contributed by atoms with van der Waals surface area (Å²) in [5.74, 6) is 0.167. The Labute approximate surface area is 127 Å². The summed E-state index contributed by atoms with van der Waals surface area (Å²) in [6.07, 6.45) is 0.742. The van der Waals surface area contributed by atoms with Crippen LogP contribution in [0.5, 0.6) is 0 Å².